The Kier molecular flexibility index (Phi) is 48.9. The summed E-state index contributed by atoms with van der Waals surface area (Å²) in [5.74, 6) is -0.527. The molecule has 0 aliphatic rings. The number of carbonyl (C=O) groups excluding carboxylic acids is 2. The topological polar surface area (TPSA) is 131 Å². The molecule has 0 aromatic carbocycles. The first-order valence-electron chi connectivity index (χ1n) is 26.4. The Morgan fingerprint density at radius 2 is 0.831 bits per heavy atom. The Hall–Kier alpha value is -2.55. The second-order valence-corrected chi connectivity index (χ2v) is 18.9. The number of unbranched alkanes of at least 4 members (excludes halogenated alkanes) is 24. The number of hydrogen-bond donors (Lipinski definition) is 3. The first-order valence-corrected chi connectivity index (χ1v) is 27.9. The summed E-state index contributed by atoms with van der Waals surface area (Å²) in [6.45, 7) is 3.50. The van der Waals surface area contributed by atoms with Crippen LogP contribution in [0.2, 0.25) is 0 Å². The average Bonchev–Trinajstić information content (AvgIpc) is 3.29. The lowest BCUT2D eigenvalue weighted by Gasteiger charge is -2.15. The van der Waals surface area contributed by atoms with Crippen molar-refractivity contribution in [2.75, 3.05) is 26.4 Å². The second-order valence-electron chi connectivity index (χ2n) is 17.5. The van der Waals surface area contributed by atoms with Gasteiger partial charge in [0.15, 0.2) is 0 Å². The van der Waals surface area contributed by atoms with E-state index in [0.29, 0.717) is 6.42 Å². The maximum Gasteiger partial charge on any atom is 0.472 e. The summed E-state index contributed by atoms with van der Waals surface area (Å²) in [4.78, 5) is 34.1. The molecule has 0 heterocycles. The summed E-state index contributed by atoms with van der Waals surface area (Å²) in [7, 11) is -4.43. The van der Waals surface area contributed by atoms with Gasteiger partial charge in [-0.25, -0.2) is 4.57 Å². The minimum absolute atomic E-state index is 0.0742. The normalized spacial score (nSPS) is 13.7. The van der Waals surface area contributed by atoms with E-state index in [1.165, 1.54) is 135 Å². The van der Waals surface area contributed by atoms with Crippen LogP contribution in [0.15, 0.2) is 72.9 Å². The molecule has 9 nitrogen and oxygen atoms in total. The quantitative estimate of drug-likeness (QED) is 0.0238. The van der Waals surface area contributed by atoms with E-state index in [0.717, 1.165) is 70.6 Å². The largest absolute Gasteiger partial charge is 0.472 e. The maximum absolute atomic E-state index is 12.2. The van der Waals surface area contributed by atoms with Crippen LogP contribution < -0.4 is 5.32 Å². The monoisotopic (exact) mass is 932 g/mol. The predicted octanol–water partition coefficient (Wildman–Crippen LogP) is 15.8. The number of carbonyl (C=O) groups is 2. The van der Waals surface area contributed by atoms with Gasteiger partial charge in [0.05, 0.1) is 13.2 Å². The average molecular weight is 932 g/mol. The Morgan fingerprint density at radius 3 is 1.25 bits per heavy atom. The van der Waals surface area contributed by atoms with Gasteiger partial charge in [-0.1, -0.05) is 202 Å². The summed E-state index contributed by atoms with van der Waals surface area (Å²) in [6, 6.07) is 0. The van der Waals surface area contributed by atoms with Crippen LogP contribution in [0.1, 0.15) is 232 Å². The number of aliphatic hydroxyl groups is 1. The lowest BCUT2D eigenvalue weighted by atomic mass is 10.1. The van der Waals surface area contributed by atoms with Crippen LogP contribution >= 0.6 is 7.82 Å². The number of hydrogen-bond acceptors (Lipinski definition) is 7. The van der Waals surface area contributed by atoms with Crippen molar-refractivity contribution in [3.05, 3.63) is 72.9 Å². The van der Waals surface area contributed by atoms with Crippen LogP contribution in [0.3, 0.4) is 0 Å². The van der Waals surface area contributed by atoms with Crippen molar-refractivity contribution < 1.29 is 37.9 Å². The molecule has 2 unspecified atom stereocenters. The Bertz CT molecular complexity index is 1290. The number of allylic oxidation sites excluding steroid dienone is 12. The lowest BCUT2D eigenvalue weighted by molar-refractivity contribution is -0.147. The fourth-order valence-corrected chi connectivity index (χ4v) is 7.86. The molecule has 1 amide bonds. The number of nitrogens with one attached hydrogen (secondary N) is 1. The number of phosphoric ester groups is 1. The highest BCUT2D eigenvalue weighted by Crippen LogP contribution is 2.42. The third-order valence-electron chi connectivity index (χ3n) is 11.1. The molecule has 0 bridgehead atoms. The summed E-state index contributed by atoms with van der Waals surface area (Å²) in [5, 5.41) is 12.8. The van der Waals surface area contributed by atoms with Crippen molar-refractivity contribution >= 4 is 19.7 Å². The van der Waals surface area contributed by atoms with E-state index in [1.807, 2.05) is 0 Å². The lowest BCUT2D eigenvalue weighted by Crippen LogP contribution is -2.27. The molecule has 65 heavy (non-hydrogen) atoms. The summed E-state index contributed by atoms with van der Waals surface area (Å²) >= 11 is 0. The highest BCUT2D eigenvalue weighted by molar-refractivity contribution is 7.47. The minimum Gasteiger partial charge on any atom is -0.463 e. The van der Waals surface area contributed by atoms with Crippen molar-refractivity contribution in [3.63, 3.8) is 0 Å². The SMILES string of the molecule is CCCCC/C=C\C/C=C\C/C=C\CCCCCCCCCCCCC(=O)OCC(O)COP(=O)(O)OCCNC(=O)CCCCCCCCCC/C=C\C/C=C\C/C=C\CCCCC. The number of rotatable bonds is 49. The number of amides is 1. The van der Waals surface area contributed by atoms with E-state index < -0.39 is 26.5 Å². The molecule has 10 heteroatoms. The van der Waals surface area contributed by atoms with Gasteiger partial charge in [0.25, 0.3) is 0 Å². The van der Waals surface area contributed by atoms with Crippen LogP contribution in [0.4, 0.5) is 0 Å². The zero-order chi connectivity index (χ0) is 47.4. The van der Waals surface area contributed by atoms with Gasteiger partial charge in [-0.3, -0.25) is 18.6 Å². The van der Waals surface area contributed by atoms with Gasteiger partial charge in [-0.2, -0.15) is 0 Å². The van der Waals surface area contributed by atoms with Gasteiger partial charge in [0.2, 0.25) is 5.91 Å². The highest BCUT2D eigenvalue weighted by Gasteiger charge is 2.23. The molecule has 0 rings (SSSR count). The predicted molar refractivity (Wildman–Crippen MR) is 275 cm³/mol. The fraction of sp³-hybridized carbons (Fsp3) is 0.745. The number of esters is 1. The van der Waals surface area contributed by atoms with E-state index in [1.54, 1.807) is 0 Å². The van der Waals surface area contributed by atoms with Crippen LogP contribution in [0, 0.1) is 0 Å². The molecular weight excluding hydrogens is 834 g/mol. The minimum atomic E-state index is -4.43. The standard InChI is InChI=1S/C55H98NO8P/c1-3-5-7-9-11-13-15-17-19-21-23-25-26-28-30-32-34-36-38-40-42-44-46-48-55(59)62-51-53(57)52-64-65(60,61)63-50-49-56-54(58)47-45-43-41-39-37-35-33-31-29-27-24-22-20-18-16-14-12-10-8-6-4-2/h11-14,17-20,23-25,27,53,57H,3-10,15-16,21-22,26,28-52H2,1-2H3,(H,56,58)(H,60,61)/b13-11-,14-12-,19-17-,20-18-,25-23-,27-24-. The van der Waals surface area contributed by atoms with Crippen molar-refractivity contribution in [2.24, 2.45) is 0 Å². The van der Waals surface area contributed by atoms with Crippen LogP contribution in [-0.2, 0) is 27.9 Å². The molecule has 0 radical (unpaired) electrons. The molecular formula is C55H98NO8P. The van der Waals surface area contributed by atoms with Crippen molar-refractivity contribution in [2.45, 2.75) is 238 Å². The zero-order valence-electron chi connectivity index (χ0n) is 41.7. The molecule has 0 aliphatic heterocycles. The Balaban J connectivity index is 3.59. The van der Waals surface area contributed by atoms with Gasteiger partial charge in [-0.15, -0.1) is 0 Å². The molecule has 0 aromatic heterocycles. The van der Waals surface area contributed by atoms with Gasteiger partial charge < -0.3 is 20.1 Å². The summed E-state index contributed by atoms with van der Waals surface area (Å²) in [5.41, 5.74) is 0. The third-order valence-corrected chi connectivity index (χ3v) is 12.1. The van der Waals surface area contributed by atoms with Gasteiger partial charge in [0, 0.05) is 19.4 Å². The van der Waals surface area contributed by atoms with E-state index >= 15 is 0 Å². The van der Waals surface area contributed by atoms with Crippen LogP contribution in [0.25, 0.3) is 0 Å². The molecule has 0 aromatic rings. The molecule has 0 aliphatic carbocycles. The van der Waals surface area contributed by atoms with E-state index in [2.05, 4.69) is 92.1 Å². The van der Waals surface area contributed by atoms with Crippen molar-refractivity contribution in [1.29, 1.82) is 0 Å². The van der Waals surface area contributed by atoms with Gasteiger partial charge in [0.1, 0.15) is 12.7 Å². The van der Waals surface area contributed by atoms with Crippen molar-refractivity contribution in [1.82, 2.24) is 5.32 Å². The highest BCUT2D eigenvalue weighted by atomic mass is 31.2. The van der Waals surface area contributed by atoms with E-state index in [-0.39, 0.29) is 32.1 Å². The van der Waals surface area contributed by atoms with Gasteiger partial charge >= 0.3 is 13.8 Å². The Labute approximate surface area is 399 Å². The second kappa shape index (κ2) is 50.9. The molecule has 0 spiro atoms. The van der Waals surface area contributed by atoms with E-state index in [4.69, 9.17) is 13.8 Å². The summed E-state index contributed by atoms with van der Waals surface area (Å²) in [6.07, 6.45) is 64.0. The maximum atomic E-state index is 12.2. The molecule has 0 saturated carbocycles. The fourth-order valence-electron chi connectivity index (χ4n) is 7.10. The number of phosphoric acid groups is 1. The molecule has 0 fully saturated rings. The number of aliphatic hydroxyl groups excluding tert-OH is 1. The van der Waals surface area contributed by atoms with Gasteiger partial charge in [-0.05, 0) is 89.9 Å². The summed E-state index contributed by atoms with van der Waals surface area (Å²) < 4.78 is 27.0. The van der Waals surface area contributed by atoms with Crippen molar-refractivity contribution in [3.8, 4) is 0 Å². The zero-order valence-corrected chi connectivity index (χ0v) is 42.6. The Morgan fingerprint density at radius 1 is 0.477 bits per heavy atom. The van der Waals surface area contributed by atoms with Crippen LogP contribution in [0.5, 0.6) is 0 Å². The first-order chi connectivity index (χ1) is 31.8. The number of ether oxygens (including phenoxy) is 1. The smallest absolute Gasteiger partial charge is 0.463 e. The van der Waals surface area contributed by atoms with E-state index in [9.17, 15) is 24.2 Å². The third kappa shape index (κ3) is 52.3. The van der Waals surface area contributed by atoms with Crippen LogP contribution in [-0.4, -0.2) is 54.3 Å². The molecule has 376 valence electrons. The molecule has 3 N–H and O–H groups in total. The molecule has 0 saturated heterocycles. The first kappa shape index (κ1) is 62.4. The molecule has 2 atom stereocenters.